The van der Waals surface area contributed by atoms with Crippen LogP contribution >= 0.6 is 12.2 Å². The molecule has 0 aliphatic rings. The summed E-state index contributed by atoms with van der Waals surface area (Å²) in [6.45, 7) is 2.05. The van der Waals surface area contributed by atoms with Crippen LogP contribution in [0.15, 0.2) is 79.1 Å². The zero-order valence-electron chi connectivity index (χ0n) is 21.4. The van der Waals surface area contributed by atoms with Crippen molar-refractivity contribution in [3.05, 3.63) is 95.8 Å². The van der Waals surface area contributed by atoms with E-state index in [0.717, 1.165) is 35.3 Å². The molecule has 4 aromatic rings. The zero-order valence-corrected chi connectivity index (χ0v) is 22.3. The van der Waals surface area contributed by atoms with Crippen molar-refractivity contribution in [2.24, 2.45) is 0 Å². The molecule has 202 valence electrons. The molecule has 0 N–H and O–H groups in total. The van der Waals surface area contributed by atoms with E-state index < -0.39 is 6.36 Å². The van der Waals surface area contributed by atoms with Gasteiger partial charge in [0, 0.05) is 29.7 Å². The van der Waals surface area contributed by atoms with Crippen molar-refractivity contribution in [1.82, 2.24) is 14.8 Å². The number of aryl methyl sites for hydroxylation is 2. The second-order valence-electron chi connectivity index (χ2n) is 9.32. The van der Waals surface area contributed by atoms with Gasteiger partial charge in [-0.2, -0.15) is 0 Å². The van der Waals surface area contributed by atoms with Crippen LogP contribution in [0, 0.1) is 6.92 Å². The minimum atomic E-state index is -4.73. The minimum absolute atomic E-state index is 0.188. The smallest absolute Gasteiger partial charge is 0.406 e. The van der Waals surface area contributed by atoms with E-state index in [1.807, 2.05) is 36.4 Å². The lowest BCUT2D eigenvalue weighted by molar-refractivity contribution is -0.274. The molecule has 3 aromatic carbocycles. The van der Waals surface area contributed by atoms with Gasteiger partial charge in [0.25, 0.3) is 0 Å². The van der Waals surface area contributed by atoms with Crippen molar-refractivity contribution < 1.29 is 22.7 Å². The average Bonchev–Trinajstić information content (AvgIpc) is 3.38. The third-order valence-corrected chi connectivity index (χ3v) is 6.54. The molecule has 0 saturated carbocycles. The van der Waals surface area contributed by atoms with Crippen molar-refractivity contribution in [2.45, 2.75) is 51.8 Å². The molecule has 0 aliphatic heterocycles. The molecule has 1 heterocycles. The maximum atomic E-state index is 12.4. The van der Waals surface area contributed by atoms with Gasteiger partial charge in [-0.1, -0.05) is 60.7 Å². The maximum absolute atomic E-state index is 12.4. The largest absolute Gasteiger partial charge is 0.573 e. The van der Waals surface area contributed by atoms with E-state index >= 15 is 0 Å². The Morgan fingerprint density at radius 1 is 0.974 bits per heavy atom. The lowest BCUT2D eigenvalue weighted by atomic mass is 9.99. The standard InChI is InChI=1S/C30H28F3N3O2S/c1-21-6-2-4-8-24(21)18-28(39)19-26(37)9-5-3-7-22-10-12-23(13-11-22)29-34-20-36(35-29)25-14-16-27(17-15-25)38-30(31,32)33/h2,4,6,8,10-17,20H,3,5,7,9,18-19H2,1H3. The molecule has 0 radical (unpaired) electrons. The number of carbonyl (C=O) groups is 1. The molecule has 0 spiro atoms. The summed E-state index contributed by atoms with van der Waals surface area (Å²) in [5.74, 6) is 0.394. The first kappa shape index (κ1) is 28.2. The number of benzene rings is 3. The van der Waals surface area contributed by atoms with Gasteiger partial charge < -0.3 is 4.74 Å². The summed E-state index contributed by atoms with van der Waals surface area (Å²) in [5, 5.41) is 4.43. The molecule has 0 unspecified atom stereocenters. The molecule has 0 saturated heterocycles. The van der Waals surface area contributed by atoms with E-state index in [-0.39, 0.29) is 11.5 Å². The zero-order chi connectivity index (χ0) is 27.8. The second-order valence-corrected chi connectivity index (χ2v) is 9.89. The van der Waals surface area contributed by atoms with E-state index in [4.69, 9.17) is 12.2 Å². The molecule has 4 rings (SSSR count). The van der Waals surface area contributed by atoms with E-state index in [0.29, 0.717) is 30.8 Å². The number of aromatic nitrogens is 3. The second kappa shape index (κ2) is 12.8. The number of hydrogen-bond acceptors (Lipinski definition) is 5. The van der Waals surface area contributed by atoms with Crippen LogP contribution in [-0.4, -0.2) is 31.8 Å². The van der Waals surface area contributed by atoms with Crippen LogP contribution in [-0.2, 0) is 17.6 Å². The average molecular weight is 552 g/mol. The van der Waals surface area contributed by atoms with Crippen LogP contribution in [0.4, 0.5) is 13.2 Å². The van der Waals surface area contributed by atoms with Crippen molar-refractivity contribution in [2.75, 3.05) is 0 Å². The highest BCUT2D eigenvalue weighted by atomic mass is 32.1. The predicted octanol–water partition coefficient (Wildman–Crippen LogP) is 7.43. The third kappa shape index (κ3) is 8.58. The van der Waals surface area contributed by atoms with Crippen LogP contribution in [0.25, 0.3) is 17.1 Å². The fourth-order valence-electron chi connectivity index (χ4n) is 4.18. The number of hydrogen-bond donors (Lipinski definition) is 0. The van der Waals surface area contributed by atoms with Gasteiger partial charge in [0.05, 0.1) is 5.69 Å². The number of unbranched alkanes of at least 4 members (excludes halogenated alkanes) is 1. The normalized spacial score (nSPS) is 11.4. The first-order chi connectivity index (χ1) is 18.7. The van der Waals surface area contributed by atoms with Crippen molar-refractivity contribution in [3.63, 3.8) is 0 Å². The number of halogens is 3. The van der Waals surface area contributed by atoms with E-state index in [9.17, 15) is 18.0 Å². The fourth-order valence-corrected chi connectivity index (χ4v) is 4.50. The molecule has 1 aromatic heterocycles. The number of alkyl halides is 3. The Bertz CT molecular complexity index is 1410. The highest BCUT2D eigenvalue weighted by Crippen LogP contribution is 2.24. The van der Waals surface area contributed by atoms with E-state index in [1.165, 1.54) is 46.4 Å². The molecule has 0 atom stereocenters. The van der Waals surface area contributed by atoms with Crippen LogP contribution in [0.5, 0.6) is 5.75 Å². The van der Waals surface area contributed by atoms with E-state index in [1.54, 1.807) is 0 Å². The summed E-state index contributed by atoms with van der Waals surface area (Å²) < 4.78 is 42.4. The van der Waals surface area contributed by atoms with Crippen LogP contribution in [0.2, 0.25) is 0 Å². The number of rotatable bonds is 12. The number of ether oxygens (including phenoxy) is 1. The van der Waals surface area contributed by atoms with Gasteiger partial charge in [0.2, 0.25) is 0 Å². The summed E-state index contributed by atoms with van der Waals surface area (Å²) in [5.41, 5.74) is 4.91. The first-order valence-corrected chi connectivity index (χ1v) is 13.0. The van der Waals surface area contributed by atoms with Gasteiger partial charge in [-0.05, 0) is 67.1 Å². The van der Waals surface area contributed by atoms with Gasteiger partial charge in [-0.3, -0.25) is 4.79 Å². The number of thiocarbonyl (C=S) groups is 1. The topological polar surface area (TPSA) is 57.0 Å². The monoisotopic (exact) mass is 551 g/mol. The van der Waals surface area contributed by atoms with Gasteiger partial charge in [0.1, 0.15) is 17.9 Å². The van der Waals surface area contributed by atoms with Gasteiger partial charge in [0.15, 0.2) is 5.82 Å². The molecule has 0 bridgehead atoms. The minimum Gasteiger partial charge on any atom is -0.406 e. The quantitative estimate of drug-likeness (QED) is 0.135. The Hall–Kier alpha value is -3.85. The Morgan fingerprint density at radius 3 is 2.38 bits per heavy atom. The van der Waals surface area contributed by atoms with Crippen molar-refractivity contribution >= 4 is 22.9 Å². The molecule has 0 fully saturated rings. The fraction of sp³-hybridized carbons (Fsp3) is 0.267. The Labute approximate surface area is 230 Å². The number of ketones is 1. The Kier molecular flexibility index (Phi) is 9.24. The van der Waals surface area contributed by atoms with Crippen LogP contribution in [0.1, 0.15) is 42.4 Å². The molecular formula is C30H28F3N3O2S. The third-order valence-electron chi connectivity index (χ3n) is 6.25. The summed E-state index contributed by atoms with van der Waals surface area (Å²) in [6, 6.07) is 21.4. The maximum Gasteiger partial charge on any atom is 0.573 e. The summed E-state index contributed by atoms with van der Waals surface area (Å²) in [7, 11) is 0. The molecule has 9 heteroatoms. The van der Waals surface area contributed by atoms with Crippen molar-refractivity contribution in [3.8, 4) is 22.8 Å². The summed E-state index contributed by atoms with van der Waals surface area (Å²) in [6.07, 6.45) is 0.878. The van der Waals surface area contributed by atoms with E-state index in [2.05, 4.69) is 33.9 Å². The number of carbonyl (C=O) groups excluding carboxylic acids is 1. The Balaban J connectivity index is 1.21. The highest BCUT2D eigenvalue weighted by Gasteiger charge is 2.31. The SMILES string of the molecule is Cc1ccccc1CC(=S)CC(=O)CCCCc1ccc(-c2ncn(-c3ccc(OC(F)(F)F)cc3)n2)cc1. The van der Waals surface area contributed by atoms with Gasteiger partial charge in [-0.25, -0.2) is 9.67 Å². The molecule has 39 heavy (non-hydrogen) atoms. The van der Waals surface area contributed by atoms with Gasteiger partial charge >= 0.3 is 6.36 Å². The molecule has 0 amide bonds. The Morgan fingerprint density at radius 2 is 1.69 bits per heavy atom. The summed E-state index contributed by atoms with van der Waals surface area (Å²) >= 11 is 5.46. The molecule has 0 aliphatic carbocycles. The van der Waals surface area contributed by atoms with Crippen molar-refractivity contribution in [1.29, 1.82) is 0 Å². The molecular weight excluding hydrogens is 523 g/mol. The van der Waals surface area contributed by atoms with Crippen LogP contribution in [0.3, 0.4) is 0 Å². The number of Topliss-reactive ketones (excluding diaryl/α,β-unsaturated/α-hetero) is 1. The molecule has 5 nitrogen and oxygen atoms in total. The summed E-state index contributed by atoms with van der Waals surface area (Å²) in [4.78, 5) is 17.5. The predicted molar refractivity (Wildman–Crippen MR) is 148 cm³/mol. The van der Waals surface area contributed by atoms with Gasteiger partial charge in [-0.15, -0.1) is 18.3 Å². The highest BCUT2D eigenvalue weighted by molar-refractivity contribution is 7.80. The number of nitrogens with zero attached hydrogens (tertiary/aromatic N) is 3. The lowest BCUT2D eigenvalue weighted by Crippen LogP contribution is -2.17. The lowest BCUT2D eigenvalue weighted by Gasteiger charge is -2.09. The van der Waals surface area contributed by atoms with Crippen LogP contribution < -0.4 is 4.74 Å². The first-order valence-electron chi connectivity index (χ1n) is 12.6.